The Morgan fingerprint density at radius 3 is 2.00 bits per heavy atom. The van der Waals surface area contributed by atoms with Crippen LogP contribution in [0.3, 0.4) is 0 Å². The fraction of sp³-hybridized carbons (Fsp3) is 0.800. The Morgan fingerprint density at radius 2 is 2.00 bits per heavy atom. The molecule has 0 aromatic rings. The molecule has 1 atom stereocenters. The molecule has 0 saturated carbocycles. The zero-order valence-electron chi connectivity index (χ0n) is 4.94. The van der Waals surface area contributed by atoms with Crippen LogP contribution in [0.1, 0.15) is 13.8 Å². The average Bonchev–Trinajstić information content (AvgIpc) is 1.64. The number of nitrogens with two attached hydrogens (primary N) is 1. The van der Waals surface area contributed by atoms with E-state index in [9.17, 15) is 4.79 Å². The quantitative estimate of drug-likeness (QED) is 0.585. The number of carbonyl (C=O) groups excluding carboxylic acids is 1. The molecule has 8 heavy (non-hydrogen) atoms. The van der Waals surface area contributed by atoms with Crippen molar-refractivity contribution in [2.45, 2.75) is 19.9 Å². The summed E-state index contributed by atoms with van der Waals surface area (Å²) >= 11 is 4.45. The van der Waals surface area contributed by atoms with Crippen molar-refractivity contribution < 1.29 is 20.8 Å². The molecule has 0 amide bonds. The van der Waals surface area contributed by atoms with Gasteiger partial charge in [0.05, 0.1) is 0 Å². The third-order valence-electron chi connectivity index (χ3n) is 0.955. The van der Waals surface area contributed by atoms with Crippen LogP contribution >= 0.6 is 0 Å². The van der Waals surface area contributed by atoms with Crippen molar-refractivity contribution in [3.63, 3.8) is 0 Å². The molecule has 0 aromatic carbocycles. The van der Waals surface area contributed by atoms with Crippen molar-refractivity contribution in [1.82, 2.24) is 0 Å². The summed E-state index contributed by atoms with van der Waals surface area (Å²) in [5.74, 6) is 0.161. The molecule has 2 N–H and O–H groups in total. The fourth-order valence-electron chi connectivity index (χ4n) is 0.237. The molecule has 0 aliphatic rings. The van der Waals surface area contributed by atoms with Crippen LogP contribution in [0.4, 0.5) is 0 Å². The Bertz CT molecular complexity index is 92.4. The van der Waals surface area contributed by atoms with Crippen molar-refractivity contribution in [1.29, 1.82) is 0 Å². The zero-order chi connectivity index (χ0) is 6.73. The normalized spacial score (nSPS) is 14.2. The van der Waals surface area contributed by atoms with Gasteiger partial charge in [-0.2, -0.15) is 0 Å². The van der Waals surface area contributed by atoms with E-state index in [2.05, 4.69) is 16.0 Å². The van der Waals surface area contributed by atoms with Gasteiger partial charge in [-0.3, -0.25) is 0 Å². The SMILES string of the molecule is CC(C)[C@H](N)[C](=O)[Cu]. The summed E-state index contributed by atoms with van der Waals surface area (Å²) in [5.41, 5.74) is 5.30. The van der Waals surface area contributed by atoms with Gasteiger partial charge in [0.25, 0.3) is 0 Å². The molecule has 0 rings (SSSR count). The summed E-state index contributed by atoms with van der Waals surface area (Å²) in [6, 6.07) is -0.463. The number of hydrogen-bond acceptors (Lipinski definition) is 2. The van der Waals surface area contributed by atoms with Gasteiger partial charge in [0.15, 0.2) is 0 Å². The van der Waals surface area contributed by atoms with E-state index in [4.69, 9.17) is 5.73 Å². The molecule has 2 nitrogen and oxygen atoms in total. The molecule has 0 saturated heterocycles. The van der Waals surface area contributed by atoms with Gasteiger partial charge in [-0.1, -0.05) is 0 Å². The monoisotopic (exact) mass is 163 g/mol. The first-order valence-electron chi connectivity index (χ1n) is 2.46. The van der Waals surface area contributed by atoms with Gasteiger partial charge >= 0.3 is 57.0 Å². The van der Waals surface area contributed by atoms with Crippen molar-refractivity contribution in [3.05, 3.63) is 0 Å². The molecule has 0 fully saturated rings. The molecule has 0 spiro atoms. The molecule has 0 bridgehead atoms. The van der Waals surface area contributed by atoms with E-state index in [0.717, 1.165) is 0 Å². The van der Waals surface area contributed by atoms with Crippen LogP contribution in [0.5, 0.6) is 0 Å². The predicted octanol–water partition coefficient (Wildman–Crippen LogP) is 0.0431. The molecule has 0 aliphatic carbocycles. The summed E-state index contributed by atoms with van der Waals surface area (Å²) in [5, 5.41) is 0. The van der Waals surface area contributed by atoms with Crippen LogP contribution in [0, 0.1) is 5.92 Å². The molecule has 0 heterocycles. The van der Waals surface area contributed by atoms with Gasteiger partial charge in [-0.05, 0) is 0 Å². The van der Waals surface area contributed by atoms with Crippen molar-refractivity contribution >= 4 is 4.68 Å². The van der Waals surface area contributed by atoms with E-state index in [-0.39, 0.29) is 10.6 Å². The third kappa shape index (κ3) is 2.46. The zero-order valence-corrected chi connectivity index (χ0v) is 5.88. The predicted molar refractivity (Wildman–Crippen MR) is 27.8 cm³/mol. The number of carbonyl (C=O) groups is 1. The summed E-state index contributed by atoms with van der Waals surface area (Å²) < 4.78 is -0.368. The van der Waals surface area contributed by atoms with Crippen LogP contribution in [-0.4, -0.2) is 10.7 Å². The standard InChI is InChI=1S/C5H10NO.Cu/c1-4(2)5(6)3-7;/h4-5H,6H2,1-2H3;/t5-;/m1./s1. The summed E-state index contributed by atoms with van der Waals surface area (Å²) in [7, 11) is 0. The van der Waals surface area contributed by atoms with Crippen molar-refractivity contribution in [2.24, 2.45) is 11.7 Å². The third-order valence-corrected chi connectivity index (χ3v) is 1.27. The Kier molecular flexibility index (Phi) is 3.29. The first kappa shape index (κ1) is 8.15. The van der Waals surface area contributed by atoms with Crippen LogP contribution in [0.2, 0.25) is 0 Å². The Balaban J connectivity index is 3.64. The van der Waals surface area contributed by atoms with Gasteiger partial charge in [-0.15, -0.1) is 0 Å². The molecule has 3 heteroatoms. The first-order chi connectivity index (χ1) is 3.55. The van der Waals surface area contributed by atoms with E-state index >= 15 is 0 Å². The molecule has 0 radical (unpaired) electrons. The van der Waals surface area contributed by atoms with Crippen molar-refractivity contribution in [3.8, 4) is 0 Å². The first-order valence-corrected chi connectivity index (χ1v) is 2.94. The van der Waals surface area contributed by atoms with Gasteiger partial charge in [0.2, 0.25) is 0 Å². The molecule has 0 aromatic heterocycles. The minimum atomic E-state index is -0.463. The maximum absolute atomic E-state index is 10.3. The summed E-state index contributed by atoms with van der Waals surface area (Å²) in [6.45, 7) is 3.73. The molecule has 0 aliphatic heterocycles. The van der Waals surface area contributed by atoms with Crippen LogP contribution < -0.4 is 5.73 Å². The summed E-state index contributed by atoms with van der Waals surface area (Å²) in [4.78, 5) is 10.3. The van der Waals surface area contributed by atoms with Crippen LogP contribution in [0.25, 0.3) is 0 Å². The van der Waals surface area contributed by atoms with Crippen LogP contribution in [0.15, 0.2) is 0 Å². The second-order valence-corrected chi connectivity index (χ2v) is 2.50. The van der Waals surface area contributed by atoms with Gasteiger partial charge in [-0.25, -0.2) is 0 Å². The van der Waals surface area contributed by atoms with Gasteiger partial charge < -0.3 is 0 Å². The fourth-order valence-corrected chi connectivity index (χ4v) is 0.550. The molecular weight excluding hydrogens is 154 g/mol. The number of rotatable bonds is 2. The van der Waals surface area contributed by atoms with Gasteiger partial charge in [0.1, 0.15) is 0 Å². The number of hydrogen-bond donors (Lipinski definition) is 1. The van der Waals surface area contributed by atoms with E-state index in [0.29, 0.717) is 0 Å². The second-order valence-electron chi connectivity index (χ2n) is 2.04. The Hall–Kier alpha value is 0.149. The van der Waals surface area contributed by atoms with E-state index in [1.165, 1.54) is 0 Å². The Morgan fingerprint density at radius 1 is 1.62 bits per heavy atom. The summed E-state index contributed by atoms with van der Waals surface area (Å²) in [6.07, 6.45) is 0. The molecule has 52 valence electrons. The van der Waals surface area contributed by atoms with E-state index < -0.39 is 6.04 Å². The van der Waals surface area contributed by atoms with E-state index in [1.807, 2.05) is 13.8 Å². The maximum atomic E-state index is 10.3. The van der Waals surface area contributed by atoms with Crippen LogP contribution in [-0.2, 0) is 20.8 Å². The Labute approximate surface area is 57.6 Å². The molecule has 0 unspecified atom stereocenters. The van der Waals surface area contributed by atoms with E-state index in [1.54, 1.807) is 0 Å². The second kappa shape index (κ2) is 3.23. The minimum absolute atomic E-state index is 0.161. The average molecular weight is 164 g/mol. The van der Waals surface area contributed by atoms with Gasteiger partial charge in [0, 0.05) is 0 Å². The molecular formula is C5H10CuNO. The van der Waals surface area contributed by atoms with Crippen molar-refractivity contribution in [2.75, 3.05) is 0 Å². The topological polar surface area (TPSA) is 43.1 Å².